The molecule has 0 saturated heterocycles. The van der Waals surface area contributed by atoms with Crippen molar-refractivity contribution < 1.29 is 9.53 Å². The highest BCUT2D eigenvalue weighted by Gasteiger charge is 2.05. The SMILES string of the molecule is COCCNCC(=O)Nc1ccc(C#N)cc1Br. The van der Waals surface area contributed by atoms with Crippen LogP contribution in [0.4, 0.5) is 5.69 Å². The number of ether oxygens (including phenoxy) is 1. The van der Waals surface area contributed by atoms with Gasteiger partial charge < -0.3 is 15.4 Å². The van der Waals surface area contributed by atoms with E-state index in [0.717, 1.165) is 0 Å². The van der Waals surface area contributed by atoms with E-state index in [2.05, 4.69) is 26.6 Å². The van der Waals surface area contributed by atoms with Gasteiger partial charge in [0.05, 0.1) is 30.5 Å². The van der Waals surface area contributed by atoms with E-state index < -0.39 is 0 Å². The molecule has 1 amide bonds. The van der Waals surface area contributed by atoms with Crippen molar-refractivity contribution in [3.05, 3.63) is 28.2 Å². The van der Waals surface area contributed by atoms with Crippen LogP contribution < -0.4 is 10.6 Å². The van der Waals surface area contributed by atoms with Crippen LogP contribution in [-0.4, -0.2) is 32.7 Å². The summed E-state index contributed by atoms with van der Waals surface area (Å²) in [5.41, 5.74) is 1.19. The molecule has 0 heterocycles. The number of hydrogen-bond acceptors (Lipinski definition) is 4. The normalized spacial score (nSPS) is 9.83. The fraction of sp³-hybridized carbons (Fsp3) is 0.333. The summed E-state index contributed by atoms with van der Waals surface area (Å²) in [5.74, 6) is -0.142. The first kappa shape index (κ1) is 14.6. The average Bonchev–Trinajstić information content (AvgIpc) is 2.37. The molecule has 5 nitrogen and oxygen atoms in total. The molecular weight excluding hydrogens is 298 g/mol. The summed E-state index contributed by atoms with van der Waals surface area (Å²) < 4.78 is 5.54. The molecule has 0 aliphatic heterocycles. The third-order valence-electron chi connectivity index (χ3n) is 2.14. The molecule has 0 aliphatic rings. The van der Waals surface area contributed by atoms with Gasteiger partial charge in [-0.05, 0) is 34.1 Å². The van der Waals surface area contributed by atoms with Crippen LogP contribution in [0, 0.1) is 11.3 Å². The second-order valence-corrected chi connectivity index (χ2v) is 4.38. The van der Waals surface area contributed by atoms with Crippen LogP contribution in [0.3, 0.4) is 0 Å². The predicted octanol–water partition coefficient (Wildman–Crippen LogP) is 1.50. The molecule has 0 fully saturated rings. The third-order valence-corrected chi connectivity index (χ3v) is 2.80. The van der Waals surface area contributed by atoms with E-state index in [9.17, 15) is 4.79 Å². The first-order chi connectivity index (χ1) is 8.67. The summed E-state index contributed by atoms with van der Waals surface area (Å²) in [6.07, 6.45) is 0. The van der Waals surface area contributed by atoms with Gasteiger partial charge in [-0.25, -0.2) is 0 Å². The van der Waals surface area contributed by atoms with Gasteiger partial charge in [0.25, 0.3) is 0 Å². The van der Waals surface area contributed by atoms with Gasteiger partial charge in [-0.3, -0.25) is 4.79 Å². The molecule has 0 spiro atoms. The zero-order valence-corrected chi connectivity index (χ0v) is 11.6. The van der Waals surface area contributed by atoms with Crippen molar-refractivity contribution in [3.8, 4) is 6.07 Å². The van der Waals surface area contributed by atoms with Gasteiger partial charge >= 0.3 is 0 Å². The van der Waals surface area contributed by atoms with Gasteiger partial charge in [0.1, 0.15) is 0 Å². The van der Waals surface area contributed by atoms with Crippen molar-refractivity contribution in [3.63, 3.8) is 0 Å². The summed E-state index contributed by atoms with van der Waals surface area (Å²) >= 11 is 3.30. The van der Waals surface area contributed by atoms with Gasteiger partial charge in [-0.2, -0.15) is 5.26 Å². The Kier molecular flexibility index (Phi) is 6.36. The van der Waals surface area contributed by atoms with Crippen molar-refractivity contribution in [2.75, 3.05) is 32.1 Å². The summed E-state index contributed by atoms with van der Waals surface area (Å²) in [7, 11) is 1.61. The van der Waals surface area contributed by atoms with E-state index in [4.69, 9.17) is 10.00 Å². The summed E-state index contributed by atoms with van der Waals surface area (Å²) in [4.78, 5) is 11.6. The molecular formula is C12H14BrN3O2. The number of hydrogen-bond donors (Lipinski definition) is 2. The van der Waals surface area contributed by atoms with Crippen LogP contribution in [0.2, 0.25) is 0 Å². The van der Waals surface area contributed by atoms with Gasteiger partial charge in [-0.1, -0.05) is 0 Å². The molecule has 1 rings (SSSR count). The molecule has 2 N–H and O–H groups in total. The van der Waals surface area contributed by atoms with Crippen LogP contribution >= 0.6 is 15.9 Å². The molecule has 0 unspecified atom stereocenters. The molecule has 0 saturated carbocycles. The lowest BCUT2D eigenvalue weighted by Crippen LogP contribution is -2.30. The van der Waals surface area contributed by atoms with Crippen molar-refractivity contribution in [1.29, 1.82) is 5.26 Å². The lowest BCUT2D eigenvalue weighted by atomic mass is 10.2. The zero-order chi connectivity index (χ0) is 13.4. The number of nitrogens with zero attached hydrogens (tertiary/aromatic N) is 1. The molecule has 1 aromatic rings. The second kappa shape index (κ2) is 7.82. The highest BCUT2D eigenvalue weighted by atomic mass is 79.9. The minimum absolute atomic E-state index is 0.142. The number of carbonyl (C=O) groups is 1. The topological polar surface area (TPSA) is 74.2 Å². The molecule has 0 radical (unpaired) electrons. The maximum Gasteiger partial charge on any atom is 0.238 e. The monoisotopic (exact) mass is 311 g/mol. The number of rotatable bonds is 6. The Morgan fingerprint density at radius 3 is 2.94 bits per heavy atom. The second-order valence-electron chi connectivity index (χ2n) is 3.52. The molecule has 0 aliphatic carbocycles. The van der Waals surface area contributed by atoms with E-state index in [0.29, 0.717) is 28.9 Å². The predicted molar refractivity (Wildman–Crippen MR) is 72.2 cm³/mol. The molecule has 0 aromatic heterocycles. The standard InChI is InChI=1S/C12H14BrN3O2/c1-18-5-4-15-8-12(17)16-11-3-2-9(7-14)6-10(11)13/h2-3,6,15H,4-5,8H2,1H3,(H,16,17). The van der Waals surface area contributed by atoms with Crippen LogP contribution in [0.1, 0.15) is 5.56 Å². The van der Waals surface area contributed by atoms with Crippen LogP contribution in [-0.2, 0) is 9.53 Å². The number of benzene rings is 1. The fourth-order valence-electron chi connectivity index (χ4n) is 1.26. The maximum absolute atomic E-state index is 11.6. The van der Waals surface area contributed by atoms with E-state index in [1.165, 1.54) is 0 Å². The Bertz CT molecular complexity index is 457. The Morgan fingerprint density at radius 2 is 2.33 bits per heavy atom. The highest BCUT2D eigenvalue weighted by Crippen LogP contribution is 2.23. The highest BCUT2D eigenvalue weighted by molar-refractivity contribution is 9.10. The Morgan fingerprint density at radius 1 is 1.56 bits per heavy atom. The lowest BCUT2D eigenvalue weighted by molar-refractivity contribution is -0.115. The summed E-state index contributed by atoms with van der Waals surface area (Å²) in [5, 5.41) is 14.4. The molecule has 96 valence electrons. The minimum atomic E-state index is -0.142. The largest absolute Gasteiger partial charge is 0.383 e. The fourth-order valence-corrected chi connectivity index (χ4v) is 1.73. The summed E-state index contributed by atoms with van der Waals surface area (Å²) in [6, 6.07) is 7.03. The number of halogens is 1. The first-order valence-electron chi connectivity index (χ1n) is 5.36. The molecule has 0 bridgehead atoms. The number of carbonyl (C=O) groups excluding carboxylic acids is 1. The third kappa shape index (κ3) is 4.84. The summed E-state index contributed by atoms with van der Waals surface area (Å²) in [6.45, 7) is 1.40. The minimum Gasteiger partial charge on any atom is -0.383 e. The van der Waals surface area contributed by atoms with Gasteiger partial charge in [-0.15, -0.1) is 0 Å². The van der Waals surface area contributed by atoms with Crippen molar-refractivity contribution in [2.45, 2.75) is 0 Å². The van der Waals surface area contributed by atoms with E-state index in [-0.39, 0.29) is 12.5 Å². The van der Waals surface area contributed by atoms with Crippen LogP contribution in [0.15, 0.2) is 22.7 Å². The van der Waals surface area contributed by atoms with E-state index >= 15 is 0 Å². The zero-order valence-electron chi connectivity index (χ0n) is 10.00. The van der Waals surface area contributed by atoms with E-state index in [1.54, 1.807) is 25.3 Å². The average molecular weight is 312 g/mol. The van der Waals surface area contributed by atoms with Crippen molar-refractivity contribution >= 4 is 27.5 Å². The van der Waals surface area contributed by atoms with E-state index in [1.807, 2.05) is 6.07 Å². The lowest BCUT2D eigenvalue weighted by Gasteiger charge is -2.08. The number of methoxy groups -OCH3 is 1. The van der Waals surface area contributed by atoms with Crippen LogP contribution in [0.25, 0.3) is 0 Å². The van der Waals surface area contributed by atoms with Gasteiger partial charge in [0, 0.05) is 18.1 Å². The number of nitriles is 1. The number of amides is 1. The van der Waals surface area contributed by atoms with Gasteiger partial charge in [0.2, 0.25) is 5.91 Å². The quantitative estimate of drug-likeness (QED) is 0.781. The van der Waals surface area contributed by atoms with Crippen LogP contribution in [0.5, 0.6) is 0 Å². The smallest absolute Gasteiger partial charge is 0.238 e. The first-order valence-corrected chi connectivity index (χ1v) is 6.16. The van der Waals surface area contributed by atoms with Crippen molar-refractivity contribution in [1.82, 2.24) is 5.32 Å². The molecule has 0 atom stereocenters. The number of anilines is 1. The Hall–Kier alpha value is -1.42. The van der Waals surface area contributed by atoms with Crippen molar-refractivity contribution in [2.24, 2.45) is 0 Å². The Balaban J connectivity index is 2.47. The molecule has 6 heteroatoms. The molecule has 1 aromatic carbocycles. The van der Waals surface area contributed by atoms with Gasteiger partial charge in [0.15, 0.2) is 0 Å². The number of nitrogens with one attached hydrogen (secondary N) is 2. The Labute approximate surface area is 114 Å². The molecule has 18 heavy (non-hydrogen) atoms. The maximum atomic E-state index is 11.6.